The van der Waals surface area contributed by atoms with Crippen LogP contribution in [0.3, 0.4) is 0 Å². The lowest BCUT2D eigenvalue weighted by molar-refractivity contribution is 0.100. The van der Waals surface area contributed by atoms with Crippen molar-refractivity contribution in [3.63, 3.8) is 0 Å². The van der Waals surface area contributed by atoms with Crippen LogP contribution >= 0.6 is 0 Å². The van der Waals surface area contributed by atoms with E-state index < -0.39 is 11.7 Å². The van der Waals surface area contributed by atoms with E-state index in [1.54, 1.807) is 31.2 Å². The van der Waals surface area contributed by atoms with Gasteiger partial charge in [0.15, 0.2) is 17.3 Å². The third kappa shape index (κ3) is 2.49. The third-order valence-corrected chi connectivity index (χ3v) is 2.71. The van der Waals surface area contributed by atoms with Crippen molar-refractivity contribution in [3.05, 3.63) is 53.3 Å². The van der Waals surface area contributed by atoms with E-state index in [2.05, 4.69) is 0 Å². The number of nitrogen functional groups attached to an aromatic ring is 1. The van der Waals surface area contributed by atoms with Gasteiger partial charge in [-0.2, -0.15) is 0 Å². The van der Waals surface area contributed by atoms with Gasteiger partial charge in [-0.1, -0.05) is 18.2 Å². The number of nitrogens with two attached hydrogens (primary N) is 2. The minimum absolute atomic E-state index is 0.0494. The number of benzene rings is 2. The van der Waals surface area contributed by atoms with Gasteiger partial charge in [0.1, 0.15) is 0 Å². The molecule has 0 fully saturated rings. The zero-order chi connectivity index (χ0) is 14.0. The summed E-state index contributed by atoms with van der Waals surface area (Å²) in [5, 5.41) is 0. The number of carbonyl (C=O) groups excluding carboxylic acids is 1. The first-order valence-electron chi connectivity index (χ1n) is 5.62. The number of hydrogen-bond acceptors (Lipinski definition) is 3. The van der Waals surface area contributed by atoms with E-state index in [9.17, 15) is 9.18 Å². The maximum Gasteiger partial charge on any atom is 0.250 e. The Morgan fingerprint density at radius 3 is 2.47 bits per heavy atom. The molecule has 0 unspecified atom stereocenters. The van der Waals surface area contributed by atoms with Gasteiger partial charge in [0, 0.05) is 0 Å². The van der Waals surface area contributed by atoms with Crippen LogP contribution in [0.2, 0.25) is 0 Å². The monoisotopic (exact) mass is 260 g/mol. The first-order chi connectivity index (χ1) is 9.00. The maximum atomic E-state index is 13.8. The molecular formula is C14H13FN2O2. The molecule has 2 rings (SSSR count). The predicted octanol–water partition coefficient (Wildman–Crippen LogP) is 2.61. The fraction of sp³-hybridized carbons (Fsp3) is 0.0714. The third-order valence-electron chi connectivity index (χ3n) is 2.71. The van der Waals surface area contributed by atoms with E-state index in [1.165, 1.54) is 12.1 Å². The molecule has 98 valence electrons. The van der Waals surface area contributed by atoms with Crippen molar-refractivity contribution in [1.82, 2.24) is 0 Å². The number of halogens is 1. The molecule has 0 aliphatic heterocycles. The summed E-state index contributed by atoms with van der Waals surface area (Å²) in [6, 6.07) is 9.38. The minimum atomic E-state index is -0.660. The summed E-state index contributed by atoms with van der Waals surface area (Å²) >= 11 is 0. The van der Waals surface area contributed by atoms with Crippen LogP contribution in [0, 0.1) is 12.7 Å². The van der Waals surface area contributed by atoms with E-state index in [4.69, 9.17) is 16.2 Å². The van der Waals surface area contributed by atoms with Crippen molar-refractivity contribution in [1.29, 1.82) is 0 Å². The highest BCUT2D eigenvalue weighted by Crippen LogP contribution is 2.31. The van der Waals surface area contributed by atoms with Crippen LogP contribution in [0.25, 0.3) is 0 Å². The summed E-state index contributed by atoms with van der Waals surface area (Å²) in [5.41, 5.74) is 11.7. The standard InChI is InChI=1S/C14H13FN2O2/c1-8-4-2-6-10(12(8)15)19-11-7-3-5-9(13(11)16)14(17)18/h2-7H,16H2,1H3,(H2,17,18). The summed E-state index contributed by atoms with van der Waals surface area (Å²) in [7, 11) is 0. The van der Waals surface area contributed by atoms with Gasteiger partial charge in [0.25, 0.3) is 5.91 Å². The molecular weight excluding hydrogens is 247 g/mol. The van der Waals surface area contributed by atoms with Crippen molar-refractivity contribution >= 4 is 11.6 Å². The van der Waals surface area contributed by atoms with E-state index in [0.29, 0.717) is 5.56 Å². The molecule has 2 aromatic rings. The van der Waals surface area contributed by atoms with Crippen LogP contribution in [0.15, 0.2) is 36.4 Å². The molecule has 5 heteroatoms. The summed E-state index contributed by atoms with van der Waals surface area (Å²) in [4.78, 5) is 11.2. The Labute approximate surface area is 109 Å². The van der Waals surface area contributed by atoms with Gasteiger partial charge in [-0.3, -0.25) is 4.79 Å². The van der Waals surface area contributed by atoms with Gasteiger partial charge in [0.05, 0.1) is 11.3 Å². The van der Waals surface area contributed by atoms with Crippen LogP contribution in [-0.2, 0) is 0 Å². The van der Waals surface area contributed by atoms with Crippen molar-refractivity contribution in [2.75, 3.05) is 5.73 Å². The number of hydrogen-bond donors (Lipinski definition) is 2. The maximum absolute atomic E-state index is 13.8. The second-order valence-corrected chi connectivity index (χ2v) is 4.07. The summed E-state index contributed by atoms with van der Waals surface area (Å²) in [6.07, 6.45) is 0. The SMILES string of the molecule is Cc1cccc(Oc2cccc(C(N)=O)c2N)c1F. The van der Waals surface area contributed by atoms with Gasteiger partial charge in [-0.05, 0) is 30.7 Å². The molecule has 0 aliphatic carbocycles. The van der Waals surface area contributed by atoms with Gasteiger partial charge in [-0.15, -0.1) is 0 Å². The number of anilines is 1. The molecule has 0 spiro atoms. The molecule has 0 aliphatic rings. The molecule has 0 atom stereocenters. The number of aryl methyl sites for hydroxylation is 1. The number of ether oxygens (including phenoxy) is 1. The Kier molecular flexibility index (Phi) is 3.37. The van der Waals surface area contributed by atoms with Gasteiger partial charge in [-0.25, -0.2) is 4.39 Å². The second kappa shape index (κ2) is 4.97. The van der Waals surface area contributed by atoms with Gasteiger partial charge in [0.2, 0.25) is 0 Å². The Balaban J connectivity index is 2.42. The zero-order valence-corrected chi connectivity index (χ0v) is 10.3. The molecule has 0 heterocycles. The Morgan fingerprint density at radius 2 is 1.79 bits per heavy atom. The average molecular weight is 260 g/mol. The van der Waals surface area contributed by atoms with E-state index in [1.807, 2.05) is 0 Å². The Bertz CT molecular complexity index is 641. The molecule has 0 saturated carbocycles. The molecule has 4 N–H and O–H groups in total. The Morgan fingerprint density at radius 1 is 1.16 bits per heavy atom. The summed E-state index contributed by atoms with van der Waals surface area (Å²) in [5.74, 6) is -0.881. The fourth-order valence-electron chi connectivity index (χ4n) is 1.67. The van der Waals surface area contributed by atoms with Gasteiger partial charge >= 0.3 is 0 Å². The largest absolute Gasteiger partial charge is 0.452 e. The normalized spacial score (nSPS) is 10.2. The highest BCUT2D eigenvalue weighted by molar-refractivity contribution is 5.99. The first-order valence-corrected chi connectivity index (χ1v) is 5.62. The van der Waals surface area contributed by atoms with E-state index in [0.717, 1.165) is 0 Å². The quantitative estimate of drug-likeness (QED) is 0.832. The molecule has 19 heavy (non-hydrogen) atoms. The summed E-state index contributed by atoms with van der Waals surface area (Å²) < 4.78 is 19.2. The van der Waals surface area contributed by atoms with Crippen LogP contribution < -0.4 is 16.2 Å². The van der Waals surface area contributed by atoms with Crippen LogP contribution in [0.5, 0.6) is 11.5 Å². The van der Waals surface area contributed by atoms with Crippen molar-refractivity contribution in [3.8, 4) is 11.5 Å². The molecule has 0 bridgehead atoms. The number of primary amides is 1. The van der Waals surface area contributed by atoms with Crippen molar-refractivity contribution in [2.24, 2.45) is 5.73 Å². The highest BCUT2D eigenvalue weighted by Gasteiger charge is 2.13. The molecule has 0 aromatic heterocycles. The van der Waals surface area contributed by atoms with Crippen LogP contribution in [0.1, 0.15) is 15.9 Å². The Hall–Kier alpha value is -2.56. The van der Waals surface area contributed by atoms with Crippen molar-refractivity contribution < 1.29 is 13.9 Å². The van der Waals surface area contributed by atoms with Crippen molar-refractivity contribution in [2.45, 2.75) is 6.92 Å². The summed E-state index contributed by atoms with van der Waals surface area (Å²) in [6.45, 7) is 1.63. The lowest BCUT2D eigenvalue weighted by Crippen LogP contribution is -2.13. The number of rotatable bonds is 3. The number of para-hydroxylation sites is 1. The first kappa shape index (κ1) is 12.9. The zero-order valence-electron chi connectivity index (χ0n) is 10.3. The lowest BCUT2D eigenvalue weighted by Gasteiger charge is -2.11. The molecule has 1 amide bonds. The fourth-order valence-corrected chi connectivity index (χ4v) is 1.67. The predicted molar refractivity (Wildman–Crippen MR) is 70.6 cm³/mol. The number of carbonyl (C=O) groups is 1. The van der Waals surface area contributed by atoms with Gasteiger partial charge < -0.3 is 16.2 Å². The average Bonchev–Trinajstić information content (AvgIpc) is 2.37. The van der Waals surface area contributed by atoms with Crippen LogP contribution in [-0.4, -0.2) is 5.91 Å². The van der Waals surface area contributed by atoms with E-state index in [-0.39, 0.29) is 22.7 Å². The number of amides is 1. The molecule has 2 aromatic carbocycles. The minimum Gasteiger partial charge on any atom is -0.452 e. The molecule has 4 nitrogen and oxygen atoms in total. The molecule has 0 radical (unpaired) electrons. The topological polar surface area (TPSA) is 78.3 Å². The highest BCUT2D eigenvalue weighted by atomic mass is 19.1. The van der Waals surface area contributed by atoms with Crippen LogP contribution in [0.4, 0.5) is 10.1 Å². The lowest BCUT2D eigenvalue weighted by atomic mass is 10.1. The molecule has 0 saturated heterocycles. The second-order valence-electron chi connectivity index (χ2n) is 4.07. The smallest absolute Gasteiger partial charge is 0.250 e. The van der Waals surface area contributed by atoms with E-state index >= 15 is 0 Å².